The fourth-order valence-electron chi connectivity index (χ4n) is 1.52. The van der Waals surface area contributed by atoms with Gasteiger partial charge in [-0.15, -0.1) is 0 Å². The molecule has 1 atom stereocenters. The number of anilines is 1. The second kappa shape index (κ2) is 2.82. The van der Waals surface area contributed by atoms with Crippen molar-refractivity contribution >= 4 is 28.9 Å². The summed E-state index contributed by atoms with van der Waals surface area (Å²) in [7, 11) is 0. The summed E-state index contributed by atoms with van der Waals surface area (Å²) in [6.45, 7) is 3.12. The monoisotopic (exact) mass is 201 g/mol. The Morgan fingerprint density at radius 1 is 1.42 bits per heavy atom. The third-order valence-corrected chi connectivity index (χ3v) is 3.05. The molecule has 0 bridgehead atoms. The van der Waals surface area contributed by atoms with Crippen LogP contribution in [0.3, 0.4) is 0 Å². The van der Waals surface area contributed by atoms with E-state index in [0.717, 1.165) is 12.2 Å². The van der Waals surface area contributed by atoms with Gasteiger partial charge >= 0.3 is 0 Å². The van der Waals surface area contributed by atoms with E-state index in [9.17, 15) is 0 Å². The first-order valence-corrected chi connectivity index (χ1v) is 4.67. The van der Waals surface area contributed by atoms with Crippen molar-refractivity contribution in [2.45, 2.75) is 12.8 Å². The minimum atomic E-state index is 0.537. The van der Waals surface area contributed by atoms with E-state index in [4.69, 9.17) is 23.2 Å². The maximum atomic E-state index is 6.01. The van der Waals surface area contributed by atoms with Crippen molar-refractivity contribution < 1.29 is 0 Å². The molecule has 0 aromatic heterocycles. The molecule has 1 aromatic rings. The zero-order valence-electron chi connectivity index (χ0n) is 6.70. The average molecular weight is 202 g/mol. The quantitative estimate of drug-likeness (QED) is 0.678. The number of benzene rings is 1. The highest BCUT2D eigenvalue weighted by molar-refractivity contribution is 6.43. The molecule has 0 saturated carbocycles. The summed E-state index contributed by atoms with van der Waals surface area (Å²) in [6, 6.07) is 3.89. The Bertz CT molecular complexity index is 323. The summed E-state index contributed by atoms with van der Waals surface area (Å²) in [5.74, 6) is 0.537. The normalized spacial score (nSPS) is 20.4. The van der Waals surface area contributed by atoms with Crippen molar-refractivity contribution in [2.75, 3.05) is 11.9 Å². The van der Waals surface area contributed by atoms with Crippen molar-refractivity contribution in [1.29, 1.82) is 0 Å². The van der Waals surface area contributed by atoms with E-state index < -0.39 is 0 Å². The fourth-order valence-corrected chi connectivity index (χ4v) is 1.92. The van der Waals surface area contributed by atoms with Gasteiger partial charge in [-0.2, -0.15) is 0 Å². The van der Waals surface area contributed by atoms with E-state index in [2.05, 4.69) is 12.2 Å². The zero-order chi connectivity index (χ0) is 8.72. The Kier molecular flexibility index (Phi) is 1.93. The molecule has 3 heteroatoms. The molecule has 0 saturated heterocycles. The smallest absolute Gasteiger partial charge is 0.0826 e. The molecule has 0 aliphatic carbocycles. The zero-order valence-corrected chi connectivity index (χ0v) is 8.21. The molecule has 1 aliphatic rings. The van der Waals surface area contributed by atoms with Gasteiger partial charge in [0.25, 0.3) is 0 Å². The van der Waals surface area contributed by atoms with Crippen LogP contribution in [-0.2, 0) is 0 Å². The summed E-state index contributed by atoms with van der Waals surface area (Å²) < 4.78 is 0. The molecule has 1 heterocycles. The molecule has 64 valence electrons. The minimum absolute atomic E-state index is 0.537. The SMILES string of the molecule is CC1CNc2c1ccc(Cl)c2Cl. The van der Waals surface area contributed by atoms with Crippen LogP contribution in [0.4, 0.5) is 5.69 Å². The third-order valence-electron chi connectivity index (χ3n) is 2.24. The molecular formula is C9H9Cl2N. The van der Waals surface area contributed by atoms with Crippen LogP contribution in [0.5, 0.6) is 0 Å². The van der Waals surface area contributed by atoms with E-state index in [1.54, 1.807) is 0 Å². The number of halogens is 2. The van der Waals surface area contributed by atoms with Crippen molar-refractivity contribution in [3.05, 3.63) is 27.7 Å². The topological polar surface area (TPSA) is 12.0 Å². The maximum absolute atomic E-state index is 6.01. The Hall–Kier alpha value is -0.400. The van der Waals surface area contributed by atoms with Crippen molar-refractivity contribution in [3.63, 3.8) is 0 Å². The second-order valence-electron chi connectivity index (χ2n) is 3.11. The minimum Gasteiger partial charge on any atom is -0.383 e. The van der Waals surface area contributed by atoms with Crippen LogP contribution >= 0.6 is 23.2 Å². The molecule has 1 nitrogen and oxygen atoms in total. The lowest BCUT2D eigenvalue weighted by atomic mass is 10.0. The summed E-state index contributed by atoms with van der Waals surface area (Å²) in [5.41, 5.74) is 2.28. The number of rotatable bonds is 0. The standard InChI is InChI=1S/C9H9Cl2N/c1-5-4-12-9-6(5)2-3-7(10)8(9)11/h2-3,5,12H,4H2,1H3. The van der Waals surface area contributed by atoms with E-state index in [1.165, 1.54) is 5.56 Å². The molecule has 0 fully saturated rings. The van der Waals surface area contributed by atoms with Gasteiger partial charge in [0, 0.05) is 12.5 Å². The summed E-state index contributed by atoms with van der Waals surface area (Å²) >= 11 is 11.9. The highest BCUT2D eigenvalue weighted by atomic mass is 35.5. The molecule has 12 heavy (non-hydrogen) atoms. The molecule has 2 rings (SSSR count). The van der Waals surface area contributed by atoms with E-state index in [1.807, 2.05) is 12.1 Å². The summed E-state index contributed by atoms with van der Waals surface area (Å²) in [4.78, 5) is 0. The molecule has 1 aromatic carbocycles. The van der Waals surface area contributed by atoms with Crippen LogP contribution in [0, 0.1) is 0 Å². The van der Waals surface area contributed by atoms with Crippen LogP contribution in [-0.4, -0.2) is 6.54 Å². The number of nitrogens with one attached hydrogen (secondary N) is 1. The lowest BCUT2D eigenvalue weighted by Crippen LogP contribution is -1.96. The first-order chi connectivity index (χ1) is 5.70. The summed E-state index contributed by atoms with van der Waals surface area (Å²) in [6.07, 6.45) is 0. The van der Waals surface area contributed by atoms with Gasteiger partial charge in [-0.3, -0.25) is 0 Å². The van der Waals surface area contributed by atoms with Crippen LogP contribution < -0.4 is 5.32 Å². The first-order valence-electron chi connectivity index (χ1n) is 3.92. The lowest BCUT2D eigenvalue weighted by Gasteiger charge is -2.04. The Labute approximate surface area is 81.7 Å². The number of fused-ring (bicyclic) bond motifs is 1. The Morgan fingerprint density at radius 2 is 2.17 bits per heavy atom. The molecule has 1 aliphatic heterocycles. The molecule has 1 unspecified atom stereocenters. The van der Waals surface area contributed by atoms with Crippen LogP contribution in [0.25, 0.3) is 0 Å². The molecule has 0 radical (unpaired) electrons. The molecular weight excluding hydrogens is 193 g/mol. The number of hydrogen-bond acceptors (Lipinski definition) is 1. The molecule has 0 amide bonds. The van der Waals surface area contributed by atoms with Crippen molar-refractivity contribution in [2.24, 2.45) is 0 Å². The highest BCUT2D eigenvalue weighted by Crippen LogP contribution is 2.40. The Balaban J connectivity index is 2.60. The highest BCUT2D eigenvalue weighted by Gasteiger charge is 2.21. The predicted octanol–water partition coefficient (Wildman–Crippen LogP) is 3.52. The van der Waals surface area contributed by atoms with Gasteiger partial charge in [-0.05, 0) is 11.6 Å². The van der Waals surface area contributed by atoms with Gasteiger partial charge in [0.2, 0.25) is 0 Å². The van der Waals surface area contributed by atoms with Crippen molar-refractivity contribution in [3.8, 4) is 0 Å². The third kappa shape index (κ3) is 1.08. The average Bonchev–Trinajstić information content (AvgIpc) is 2.41. The van der Waals surface area contributed by atoms with E-state index in [0.29, 0.717) is 16.0 Å². The van der Waals surface area contributed by atoms with Gasteiger partial charge in [0.05, 0.1) is 15.7 Å². The van der Waals surface area contributed by atoms with Crippen LogP contribution in [0.2, 0.25) is 10.0 Å². The first kappa shape index (κ1) is 8.21. The van der Waals surface area contributed by atoms with Crippen molar-refractivity contribution in [1.82, 2.24) is 0 Å². The van der Waals surface area contributed by atoms with Gasteiger partial charge in [-0.25, -0.2) is 0 Å². The summed E-state index contributed by atoms with van der Waals surface area (Å²) in [5, 5.41) is 4.52. The van der Waals surface area contributed by atoms with Gasteiger partial charge < -0.3 is 5.32 Å². The van der Waals surface area contributed by atoms with Gasteiger partial charge in [0.15, 0.2) is 0 Å². The Morgan fingerprint density at radius 3 is 2.92 bits per heavy atom. The second-order valence-corrected chi connectivity index (χ2v) is 3.89. The largest absolute Gasteiger partial charge is 0.383 e. The van der Waals surface area contributed by atoms with E-state index >= 15 is 0 Å². The van der Waals surface area contributed by atoms with Crippen LogP contribution in [0.1, 0.15) is 18.4 Å². The van der Waals surface area contributed by atoms with Gasteiger partial charge in [0.1, 0.15) is 0 Å². The van der Waals surface area contributed by atoms with Crippen LogP contribution in [0.15, 0.2) is 12.1 Å². The molecule has 1 N–H and O–H groups in total. The van der Waals surface area contributed by atoms with Gasteiger partial charge in [-0.1, -0.05) is 36.2 Å². The maximum Gasteiger partial charge on any atom is 0.0826 e. The fraction of sp³-hybridized carbons (Fsp3) is 0.333. The molecule has 0 spiro atoms. The van der Waals surface area contributed by atoms with E-state index in [-0.39, 0.29) is 0 Å². The lowest BCUT2D eigenvalue weighted by molar-refractivity contribution is 0.854. The number of hydrogen-bond donors (Lipinski definition) is 1. The predicted molar refractivity (Wildman–Crippen MR) is 53.4 cm³/mol.